The predicted molar refractivity (Wildman–Crippen MR) is 175 cm³/mol. The molecule has 7 aromatic rings. The summed E-state index contributed by atoms with van der Waals surface area (Å²) in [6.07, 6.45) is 4.70. The number of H-pyrrole nitrogens is 1. The lowest BCUT2D eigenvalue weighted by Crippen LogP contribution is -2.48. The Morgan fingerprint density at radius 1 is 0.778 bits per heavy atom. The smallest absolute Gasteiger partial charge is 0.273 e. The molecule has 0 aliphatic heterocycles. The number of carbonyl (C=O) groups is 2. The summed E-state index contributed by atoms with van der Waals surface area (Å²) in [5.74, 6) is -0.301. The number of hydrogen-bond acceptors (Lipinski definition) is 4. The van der Waals surface area contributed by atoms with E-state index in [-0.39, 0.29) is 5.91 Å². The lowest BCUT2D eigenvalue weighted by Gasteiger charge is -2.38. The van der Waals surface area contributed by atoms with Crippen LogP contribution in [0.5, 0.6) is 0 Å². The van der Waals surface area contributed by atoms with Gasteiger partial charge in [0.05, 0.1) is 18.3 Å². The molecule has 0 bridgehead atoms. The Labute approximate surface area is 260 Å². The third kappa shape index (κ3) is 5.21. The predicted octanol–water partition coefficient (Wildman–Crippen LogP) is 7.01. The first-order valence-corrected chi connectivity index (χ1v) is 14.7. The van der Waals surface area contributed by atoms with Crippen LogP contribution in [-0.2, 0) is 12.1 Å². The number of para-hydroxylation sites is 1. The Kier molecular flexibility index (Phi) is 7.33. The van der Waals surface area contributed by atoms with Gasteiger partial charge in [0, 0.05) is 22.7 Å². The minimum absolute atomic E-state index is 0.301. The maximum atomic E-state index is 14.3. The fourth-order valence-corrected chi connectivity index (χ4v) is 5.97. The Morgan fingerprint density at radius 3 is 2.13 bits per heavy atom. The Bertz CT molecular complexity index is 2060. The zero-order valence-electron chi connectivity index (χ0n) is 24.3. The molecule has 0 unspecified atom stereocenters. The second-order valence-corrected chi connectivity index (χ2v) is 10.9. The van der Waals surface area contributed by atoms with Crippen LogP contribution in [0.2, 0.25) is 0 Å². The van der Waals surface area contributed by atoms with Crippen molar-refractivity contribution in [1.82, 2.24) is 25.3 Å². The van der Waals surface area contributed by atoms with E-state index in [1.165, 1.54) is 0 Å². The van der Waals surface area contributed by atoms with Crippen molar-refractivity contribution in [2.45, 2.75) is 12.1 Å². The largest absolute Gasteiger partial charge is 0.333 e. The first-order valence-electron chi connectivity index (χ1n) is 14.7. The van der Waals surface area contributed by atoms with Crippen LogP contribution in [0.15, 0.2) is 146 Å². The van der Waals surface area contributed by atoms with Gasteiger partial charge in [-0.05, 0) is 33.9 Å². The van der Waals surface area contributed by atoms with Crippen LogP contribution >= 0.6 is 0 Å². The minimum atomic E-state index is -1.08. The van der Waals surface area contributed by atoms with Gasteiger partial charge in [0.1, 0.15) is 11.8 Å². The SMILES string of the molecule is O=Cc1ccc(Cn2cc(-c3ccccc3C(NC(=O)c3n[nH]c4ccccc34)(c3ccccc3)c3ccccc3)cn2)cc1. The van der Waals surface area contributed by atoms with Crippen molar-refractivity contribution in [3.05, 3.63) is 179 Å². The van der Waals surface area contributed by atoms with Gasteiger partial charge in [0.2, 0.25) is 0 Å². The second-order valence-electron chi connectivity index (χ2n) is 10.9. The van der Waals surface area contributed by atoms with Gasteiger partial charge in [-0.3, -0.25) is 19.4 Å². The van der Waals surface area contributed by atoms with E-state index in [1.54, 1.807) is 12.1 Å². The topological polar surface area (TPSA) is 92.7 Å². The van der Waals surface area contributed by atoms with Crippen molar-refractivity contribution < 1.29 is 9.59 Å². The molecule has 7 nitrogen and oxygen atoms in total. The highest BCUT2D eigenvalue weighted by molar-refractivity contribution is 6.05. The number of amides is 1. The van der Waals surface area contributed by atoms with Crippen LogP contribution in [0.25, 0.3) is 22.0 Å². The molecular weight excluding hydrogens is 558 g/mol. The number of carbonyl (C=O) groups excluding carboxylic acids is 2. The molecule has 2 heterocycles. The van der Waals surface area contributed by atoms with Crippen LogP contribution in [0.4, 0.5) is 0 Å². The van der Waals surface area contributed by atoms with E-state index in [2.05, 4.69) is 32.7 Å². The van der Waals surface area contributed by atoms with Gasteiger partial charge in [-0.2, -0.15) is 10.2 Å². The molecule has 218 valence electrons. The summed E-state index contributed by atoms with van der Waals surface area (Å²) in [5.41, 5.74) is 6.24. The molecule has 5 aromatic carbocycles. The molecule has 0 saturated carbocycles. The lowest BCUT2D eigenvalue weighted by atomic mass is 9.74. The molecule has 0 atom stereocenters. The van der Waals surface area contributed by atoms with Crippen LogP contribution in [0, 0.1) is 0 Å². The number of fused-ring (bicyclic) bond motifs is 1. The van der Waals surface area contributed by atoms with Crippen molar-refractivity contribution >= 4 is 23.1 Å². The van der Waals surface area contributed by atoms with E-state index < -0.39 is 5.54 Å². The van der Waals surface area contributed by atoms with Gasteiger partial charge < -0.3 is 5.32 Å². The summed E-state index contributed by atoms with van der Waals surface area (Å²) < 4.78 is 1.88. The average Bonchev–Trinajstić information content (AvgIpc) is 3.76. The van der Waals surface area contributed by atoms with E-state index in [0.29, 0.717) is 17.8 Å². The van der Waals surface area contributed by atoms with Gasteiger partial charge in [-0.1, -0.05) is 127 Å². The standard InChI is InChI=1S/C38H29N5O2/c44-26-28-21-19-27(20-22-28)24-43-25-29(23-39-43)32-15-7-9-17-34(32)38(30-11-3-1-4-12-30,31-13-5-2-6-14-31)40-37(45)36-33-16-8-10-18-35(33)41-42-36/h1-23,25-26H,24H2,(H,40,45)(H,41,42). The summed E-state index contributed by atoms with van der Waals surface area (Å²) in [6, 6.07) is 43.3. The average molecular weight is 588 g/mol. The van der Waals surface area contributed by atoms with E-state index in [9.17, 15) is 9.59 Å². The number of aromatic amines is 1. The van der Waals surface area contributed by atoms with E-state index in [1.807, 2.05) is 126 Å². The summed E-state index contributed by atoms with van der Waals surface area (Å²) >= 11 is 0. The summed E-state index contributed by atoms with van der Waals surface area (Å²) in [5, 5.41) is 16.3. The van der Waals surface area contributed by atoms with E-state index in [4.69, 9.17) is 0 Å². The molecule has 2 N–H and O–H groups in total. The maximum Gasteiger partial charge on any atom is 0.273 e. The fourth-order valence-electron chi connectivity index (χ4n) is 5.97. The first-order chi connectivity index (χ1) is 22.2. The number of hydrogen-bond donors (Lipinski definition) is 2. The molecule has 0 radical (unpaired) electrons. The molecular formula is C38H29N5O2. The monoisotopic (exact) mass is 587 g/mol. The number of nitrogens with zero attached hydrogens (tertiary/aromatic N) is 3. The molecule has 0 fully saturated rings. The quantitative estimate of drug-likeness (QED) is 0.140. The van der Waals surface area contributed by atoms with Gasteiger partial charge in [-0.15, -0.1) is 0 Å². The maximum absolute atomic E-state index is 14.3. The van der Waals surface area contributed by atoms with Crippen molar-refractivity contribution in [3.63, 3.8) is 0 Å². The van der Waals surface area contributed by atoms with E-state index in [0.717, 1.165) is 50.6 Å². The summed E-state index contributed by atoms with van der Waals surface area (Å²) in [7, 11) is 0. The van der Waals surface area contributed by atoms with Crippen LogP contribution < -0.4 is 5.32 Å². The molecule has 45 heavy (non-hydrogen) atoms. The third-order valence-corrected chi connectivity index (χ3v) is 8.14. The first kappa shape index (κ1) is 27.7. The molecule has 0 saturated heterocycles. The van der Waals surface area contributed by atoms with Gasteiger partial charge in [0.25, 0.3) is 5.91 Å². The van der Waals surface area contributed by atoms with Crippen LogP contribution in [-0.4, -0.2) is 32.2 Å². The molecule has 0 aliphatic carbocycles. The summed E-state index contributed by atoms with van der Waals surface area (Å²) in [4.78, 5) is 25.4. The van der Waals surface area contributed by atoms with Crippen LogP contribution in [0.3, 0.4) is 0 Å². The number of aldehydes is 1. The van der Waals surface area contributed by atoms with Gasteiger partial charge in [0.15, 0.2) is 5.69 Å². The number of rotatable bonds is 9. The molecule has 7 rings (SSSR count). The normalized spacial score (nSPS) is 11.4. The fraction of sp³-hybridized carbons (Fsp3) is 0.0526. The lowest BCUT2D eigenvalue weighted by molar-refractivity contribution is 0.0921. The van der Waals surface area contributed by atoms with Crippen molar-refractivity contribution in [2.75, 3.05) is 0 Å². The zero-order valence-corrected chi connectivity index (χ0v) is 24.3. The Hall–Kier alpha value is -6.08. The molecule has 0 aliphatic rings. The highest BCUT2D eigenvalue weighted by Gasteiger charge is 2.40. The van der Waals surface area contributed by atoms with Crippen molar-refractivity contribution in [3.8, 4) is 11.1 Å². The van der Waals surface area contributed by atoms with Crippen molar-refractivity contribution in [1.29, 1.82) is 0 Å². The van der Waals surface area contributed by atoms with Crippen LogP contribution in [0.1, 0.15) is 43.1 Å². The highest BCUT2D eigenvalue weighted by atomic mass is 16.2. The zero-order chi connectivity index (χ0) is 30.6. The number of nitrogens with one attached hydrogen (secondary N) is 2. The molecule has 2 aromatic heterocycles. The number of aromatic nitrogens is 4. The third-order valence-electron chi connectivity index (χ3n) is 8.14. The van der Waals surface area contributed by atoms with Crippen molar-refractivity contribution in [2.24, 2.45) is 0 Å². The minimum Gasteiger partial charge on any atom is -0.333 e. The van der Waals surface area contributed by atoms with Gasteiger partial charge >= 0.3 is 0 Å². The molecule has 7 heteroatoms. The van der Waals surface area contributed by atoms with Gasteiger partial charge in [-0.25, -0.2) is 0 Å². The second kappa shape index (κ2) is 11.9. The molecule has 1 amide bonds. The van der Waals surface area contributed by atoms with E-state index >= 15 is 0 Å². The number of benzene rings is 5. The Morgan fingerprint density at radius 2 is 1.42 bits per heavy atom. The molecule has 0 spiro atoms. The highest BCUT2D eigenvalue weighted by Crippen LogP contribution is 2.42. The summed E-state index contributed by atoms with van der Waals surface area (Å²) in [6.45, 7) is 0.548. The Balaban J connectivity index is 1.38.